The van der Waals surface area contributed by atoms with Gasteiger partial charge in [-0.1, -0.05) is 42.8 Å². The monoisotopic (exact) mass is 467 g/mol. The van der Waals surface area contributed by atoms with Gasteiger partial charge in [-0.25, -0.2) is 9.18 Å². The fraction of sp³-hybridized carbons (Fsp3) is 0.560. The third-order valence-electron chi connectivity index (χ3n) is 7.41. The lowest BCUT2D eigenvalue weighted by Gasteiger charge is -2.47. The molecule has 0 radical (unpaired) electrons. The van der Waals surface area contributed by atoms with E-state index in [2.05, 4.69) is 0 Å². The summed E-state index contributed by atoms with van der Waals surface area (Å²) in [6, 6.07) is 9.19. The predicted molar refractivity (Wildman–Crippen MR) is 115 cm³/mol. The SMILES string of the molecule is O=C(O)C1(OCC2CCN(CC3(C(F)(F)F)CCC3)CC2)C=CC(c2ccccc2)C=C1F. The minimum atomic E-state index is -4.19. The number of hydrogen-bond acceptors (Lipinski definition) is 3. The van der Waals surface area contributed by atoms with Gasteiger partial charge in [-0.3, -0.25) is 0 Å². The Morgan fingerprint density at radius 1 is 1.15 bits per heavy atom. The second-order valence-corrected chi connectivity index (χ2v) is 9.51. The second kappa shape index (κ2) is 9.22. The van der Waals surface area contributed by atoms with Crippen molar-refractivity contribution in [2.45, 2.75) is 49.8 Å². The molecule has 180 valence electrons. The Kier molecular flexibility index (Phi) is 6.69. The van der Waals surface area contributed by atoms with Crippen LogP contribution in [-0.2, 0) is 9.53 Å². The van der Waals surface area contributed by atoms with Crippen LogP contribution < -0.4 is 0 Å². The number of piperidine rings is 1. The van der Waals surface area contributed by atoms with E-state index < -0.39 is 29.0 Å². The molecule has 1 aromatic rings. The van der Waals surface area contributed by atoms with Crippen molar-refractivity contribution in [2.24, 2.45) is 11.3 Å². The zero-order valence-electron chi connectivity index (χ0n) is 18.4. The Morgan fingerprint density at radius 3 is 2.33 bits per heavy atom. The lowest BCUT2D eigenvalue weighted by molar-refractivity contribution is -0.256. The van der Waals surface area contributed by atoms with Crippen molar-refractivity contribution in [3.63, 3.8) is 0 Å². The number of halogens is 4. The van der Waals surface area contributed by atoms with Gasteiger partial charge < -0.3 is 14.7 Å². The third-order valence-corrected chi connectivity index (χ3v) is 7.41. The second-order valence-electron chi connectivity index (χ2n) is 9.51. The average Bonchev–Trinajstić information content (AvgIpc) is 2.76. The fourth-order valence-corrected chi connectivity index (χ4v) is 5.01. The number of carboxylic acid groups (broad SMARTS) is 1. The van der Waals surface area contributed by atoms with Crippen LogP contribution in [0.3, 0.4) is 0 Å². The van der Waals surface area contributed by atoms with Crippen LogP contribution in [0.25, 0.3) is 0 Å². The molecule has 1 saturated carbocycles. The Bertz CT molecular complexity index is 902. The summed E-state index contributed by atoms with van der Waals surface area (Å²) in [5, 5.41) is 9.75. The number of carbonyl (C=O) groups is 1. The molecular weight excluding hydrogens is 438 g/mol. The minimum Gasteiger partial charge on any atom is -0.479 e. The van der Waals surface area contributed by atoms with E-state index in [1.807, 2.05) is 35.2 Å². The molecule has 8 heteroatoms. The largest absolute Gasteiger partial charge is 0.479 e. The molecule has 0 spiro atoms. The van der Waals surface area contributed by atoms with Crippen molar-refractivity contribution in [3.8, 4) is 0 Å². The number of aliphatic carboxylic acids is 1. The van der Waals surface area contributed by atoms with E-state index in [4.69, 9.17) is 4.74 Å². The van der Waals surface area contributed by atoms with Gasteiger partial charge in [-0.2, -0.15) is 13.2 Å². The van der Waals surface area contributed by atoms with E-state index in [1.54, 1.807) is 6.08 Å². The third kappa shape index (κ3) is 4.73. The summed E-state index contributed by atoms with van der Waals surface area (Å²) in [7, 11) is 0. The molecule has 2 atom stereocenters. The lowest BCUT2D eigenvalue weighted by Crippen LogP contribution is -2.53. The van der Waals surface area contributed by atoms with E-state index in [0.717, 1.165) is 5.56 Å². The summed E-state index contributed by atoms with van der Waals surface area (Å²) in [5.41, 5.74) is -2.90. The van der Waals surface area contributed by atoms with Crippen molar-refractivity contribution in [1.82, 2.24) is 4.90 Å². The summed E-state index contributed by atoms with van der Waals surface area (Å²) >= 11 is 0. The molecule has 0 aromatic heterocycles. The van der Waals surface area contributed by atoms with Crippen LogP contribution in [0, 0.1) is 11.3 Å². The van der Waals surface area contributed by atoms with Crippen LogP contribution >= 0.6 is 0 Å². The first-order valence-electron chi connectivity index (χ1n) is 11.4. The van der Waals surface area contributed by atoms with Crippen LogP contribution in [0.1, 0.15) is 43.6 Å². The Balaban J connectivity index is 1.34. The molecular formula is C25H29F4NO3. The van der Waals surface area contributed by atoms with Crippen molar-refractivity contribution < 1.29 is 32.2 Å². The number of allylic oxidation sites excluding steroid dienone is 2. The molecule has 1 saturated heterocycles. The highest BCUT2D eigenvalue weighted by Crippen LogP contribution is 2.53. The smallest absolute Gasteiger partial charge is 0.395 e. The van der Waals surface area contributed by atoms with Gasteiger partial charge in [0.25, 0.3) is 0 Å². The predicted octanol–water partition coefficient (Wildman–Crippen LogP) is 5.48. The quantitative estimate of drug-likeness (QED) is 0.426. The maximum absolute atomic E-state index is 15.0. The highest BCUT2D eigenvalue weighted by Gasteiger charge is 2.58. The Labute approximate surface area is 190 Å². The summed E-state index contributed by atoms with van der Waals surface area (Å²) in [6.45, 7) is 1.04. The highest BCUT2D eigenvalue weighted by atomic mass is 19.4. The molecule has 3 aliphatic rings. The lowest BCUT2D eigenvalue weighted by atomic mass is 9.67. The van der Waals surface area contributed by atoms with E-state index >= 15 is 4.39 Å². The van der Waals surface area contributed by atoms with Gasteiger partial charge in [0.1, 0.15) is 5.83 Å². The molecule has 4 rings (SSSR count). The van der Waals surface area contributed by atoms with E-state index in [-0.39, 0.29) is 37.8 Å². The summed E-state index contributed by atoms with van der Waals surface area (Å²) in [5.74, 6) is -2.69. The molecule has 1 aromatic carbocycles. The molecule has 0 amide bonds. The van der Waals surface area contributed by atoms with Crippen molar-refractivity contribution >= 4 is 5.97 Å². The molecule has 33 heavy (non-hydrogen) atoms. The van der Waals surface area contributed by atoms with Crippen molar-refractivity contribution in [2.75, 3.05) is 26.2 Å². The normalized spacial score (nSPS) is 28.2. The van der Waals surface area contributed by atoms with E-state index in [0.29, 0.717) is 32.4 Å². The van der Waals surface area contributed by atoms with Gasteiger partial charge in [0.05, 0.1) is 12.0 Å². The highest BCUT2D eigenvalue weighted by molar-refractivity contribution is 5.84. The number of benzene rings is 1. The van der Waals surface area contributed by atoms with Gasteiger partial charge in [-0.05, 0) is 62.4 Å². The van der Waals surface area contributed by atoms with Crippen molar-refractivity contribution in [1.29, 1.82) is 0 Å². The van der Waals surface area contributed by atoms with Crippen LogP contribution in [-0.4, -0.2) is 54.0 Å². The molecule has 2 unspecified atom stereocenters. The number of likely N-dealkylation sites (tertiary alicyclic amines) is 1. The first-order chi connectivity index (χ1) is 15.7. The van der Waals surface area contributed by atoms with Gasteiger partial charge in [0.15, 0.2) is 0 Å². The number of ether oxygens (including phenoxy) is 1. The van der Waals surface area contributed by atoms with Gasteiger partial charge >= 0.3 is 12.1 Å². The number of rotatable bonds is 7. The summed E-state index contributed by atoms with van der Waals surface area (Å²) < 4.78 is 61.1. The first-order valence-corrected chi connectivity index (χ1v) is 11.4. The maximum atomic E-state index is 15.0. The number of nitrogens with zero attached hydrogens (tertiary/aromatic N) is 1. The number of hydrogen-bond donors (Lipinski definition) is 1. The van der Waals surface area contributed by atoms with Gasteiger partial charge in [-0.15, -0.1) is 0 Å². The Hall–Kier alpha value is -2.19. The average molecular weight is 468 g/mol. The number of alkyl halides is 3. The topological polar surface area (TPSA) is 49.8 Å². The number of carboxylic acids is 1. The molecule has 4 nitrogen and oxygen atoms in total. The molecule has 1 aliphatic heterocycles. The zero-order valence-corrected chi connectivity index (χ0v) is 18.4. The standard InChI is InChI=1S/C25H29F4NO3/c26-21-15-20(19-5-2-1-3-6-19)7-12-24(21,22(31)32)33-16-18-8-13-30(14-9-18)17-23(10-4-11-23)25(27,28)29/h1-3,5-7,12,15,18,20H,4,8-11,13-14,16-17H2,(H,31,32). The van der Waals surface area contributed by atoms with Gasteiger partial charge in [0, 0.05) is 12.5 Å². The molecule has 2 fully saturated rings. The Morgan fingerprint density at radius 2 is 1.82 bits per heavy atom. The van der Waals surface area contributed by atoms with Crippen molar-refractivity contribution in [3.05, 3.63) is 60.0 Å². The maximum Gasteiger partial charge on any atom is 0.395 e. The molecule has 1 N–H and O–H groups in total. The molecule has 2 aliphatic carbocycles. The molecule has 0 bridgehead atoms. The van der Waals surface area contributed by atoms with Crippen LogP contribution in [0.15, 0.2) is 54.4 Å². The van der Waals surface area contributed by atoms with Crippen LogP contribution in [0.4, 0.5) is 17.6 Å². The van der Waals surface area contributed by atoms with E-state index in [1.165, 1.54) is 12.2 Å². The first kappa shape index (κ1) is 24.0. The van der Waals surface area contributed by atoms with Gasteiger partial charge in [0.2, 0.25) is 5.60 Å². The van der Waals surface area contributed by atoms with Crippen LogP contribution in [0.2, 0.25) is 0 Å². The van der Waals surface area contributed by atoms with Crippen LogP contribution in [0.5, 0.6) is 0 Å². The summed E-state index contributed by atoms with van der Waals surface area (Å²) in [6.07, 6.45) is 2.13. The minimum absolute atomic E-state index is 0.0180. The molecule has 1 heterocycles. The fourth-order valence-electron chi connectivity index (χ4n) is 5.01. The zero-order chi connectivity index (χ0) is 23.7. The summed E-state index contributed by atoms with van der Waals surface area (Å²) in [4.78, 5) is 13.8. The van der Waals surface area contributed by atoms with E-state index in [9.17, 15) is 23.1 Å².